The number of ether oxygens (including phenoxy) is 3. The van der Waals surface area contributed by atoms with E-state index in [9.17, 15) is 9.59 Å². The Kier molecular flexibility index (Phi) is 8.74. The summed E-state index contributed by atoms with van der Waals surface area (Å²) in [6.45, 7) is 5.76. The first-order valence-corrected chi connectivity index (χ1v) is 16.1. The Morgan fingerprint density at radius 3 is 2.62 bits per heavy atom. The number of carbonyl (C=O) groups excluding carboxylic acids is 1. The monoisotopic (exact) mass is 682 g/mol. The summed E-state index contributed by atoms with van der Waals surface area (Å²) in [6, 6.07) is 26.8. The fraction of sp³-hybridized carbons (Fsp3) is 0.194. The summed E-state index contributed by atoms with van der Waals surface area (Å²) in [5.74, 6) is 0.706. The van der Waals surface area contributed by atoms with Gasteiger partial charge in [0.05, 0.1) is 29.0 Å². The molecule has 5 aromatic rings. The Balaban J connectivity index is 1.40. The molecule has 0 amide bonds. The molecule has 0 spiro atoms. The third-order valence-corrected chi connectivity index (χ3v) is 8.98. The van der Waals surface area contributed by atoms with Gasteiger partial charge in [-0.15, -0.1) is 0 Å². The molecule has 0 saturated heterocycles. The average molecular weight is 684 g/mol. The summed E-state index contributed by atoms with van der Waals surface area (Å²) in [6.07, 6.45) is 1.48. The highest BCUT2D eigenvalue weighted by Crippen LogP contribution is 2.37. The summed E-state index contributed by atoms with van der Waals surface area (Å²) in [5, 5.41) is 2.32. The van der Waals surface area contributed by atoms with Gasteiger partial charge in [0.1, 0.15) is 24.1 Å². The van der Waals surface area contributed by atoms with Crippen molar-refractivity contribution in [2.45, 2.75) is 39.5 Å². The molecule has 9 heteroatoms. The van der Waals surface area contributed by atoms with E-state index < -0.39 is 12.0 Å². The van der Waals surface area contributed by atoms with E-state index >= 15 is 0 Å². The molecule has 0 radical (unpaired) electrons. The first-order chi connectivity index (χ1) is 21.7. The van der Waals surface area contributed by atoms with Gasteiger partial charge in [0.15, 0.2) is 4.80 Å². The molecule has 1 aromatic heterocycles. The lowest BCUT2D eigenvalue weighted by atomic mass is 9.95. The number of benzene rings is 4. The van der Waals surface area contributed by atoms with Crippen LogP contribution in [0.1, 0.15) is 43.5 Å². The summed E-state index contributed by atoms with van der Waals surface area (Å²) in [7, 11) is 1.56. The number of halogens is 1. The summed E-state index contributed by atoms with van der Waals surface area (Å²) in [5.41, 5.74) is 3.06. The van der Waals surface area contributed by atoms with Gasteiger partial charge in [0.25, 0.3) is 5.56 Å². The number of hydrogen-bond acceptors (Lipinski definition) is 7. The molecule has 0 N–H and O–H groups in total. The zero-order chi connectivity index (χ0) is 31.7. The van der Waals surface area contributed by atoms with E-state index in [1.165, 1.54) is 11.3 Å². The molecule has 6 rings (SSSR count). The third kappa shape index (κ3) is 6.23. The first-order valence-electron chi connectivity index (χ1n) is 14.5. The smallest absolute Gasteiger partial charge is 0.338 e. The van der Waals surface area contributed by atoms with Crippen LogP contribution in [0.2, 0.25) is 0 Å². The standard InChI is InChI=1S/C36H31BrN2O5S/c1-21(2)44-35(41)32-22(3)38-36-39(33(32)29-19-26(37)15-16-30(29)42-4)34(40)31(45-36)18-23-9-7-13-27(17-23)43-20-25-12-8-11-24-10-5-6-14-28(24)25/h5-19,21,33H,20H2,1-4H3/b31-18-/t33-/m1/s1. The fourth-order valence-corrected chi connectivity index (χ4v) is 6.92. The Morgan fingerprint density at radius 1 is 1.04 bits per heavy atom. The number of allylic oxidation sites excluding steroid dienone is 1. The summed E-state index contributed by atoms with van der Waals surface area (Å²) >= 11 is 4.81. The highest BCUT2D eigenvalue weighted by molar-refractivity contribution is 9.10. The van der Waals surface area contributed by atoms with E-state index in [-0.39, 0.29) is 11.7 Å². The second-order valence-electron chi connectivity index (χ2n) is 10.9. The van der Waals surface area contributed by atoms with Crippen molar-refractivity contribution in [2.75, 3.05) is 7.11 Å². The average Bonchev–Trinajstić information content (AvgIpc) is 3.32. The molecule has 1 aliphatic heterocycles. The van der Waals surface area contributed by atoms with Crippen LogP contribution in [0.25, 0.3) is 16.8 Å². The molecule has 228 valence electrons. The van der Waals surface area contributed by atoms with Crippen LogP contribution >= 0.6 is 27.3 Å². The Bertz CT molecular complexity index is 2140. The van der Waals surface area contributed by atoms with Crippen molar-refractivity contribution in [3.63, 3.8) is 0 Å². The normalized spacial score (nSPS) is 14.8. The molecule has 4 aromatic carbocycles. The molecule has 0 unspecified atom stereocenters. The third-order valence-electron chi connectivity index (χ3n) is 7.50. The maximum Gasteiger partial charge on any atom is 0.338 e. The first kappa shape index (κ1) is 30.6. The number of thiazole rings is 1. The van der Waals surface area contributed by atoms with E-state index in [0.29, 0.717) is 44.3 Å². The quantitative estimate of drug-likeness (QED) is 0.171. The van der Waals surface area contributed by atoms with Crippen LogP contribution in [0, 0.1) is 0 Å². The van der Waals surface area contributed by atoms with Gasteiger partial charge in [0, 0.05) is 10.0 Å². The minimum atomic E-state index is -0.794. The van der Waals surface area contributed by atoms with Crippen LogP contribution < -0.4 is 24.4 Å². The molecule has 0 saturated carbocycles. The van der Waals surface area contributed by atoms with Crippen LogP contribution in [0.3, 0.4) is 0 Å². The van der Waals surface area contributed by atoms with Crippen molar-refractivity contribution in [1.82, 2.24) is 4.57 Å². The highest BCUT2D eigenvalue weighted by Gasteiger charge is 2.35. The van der Waals surface area contributed by atoms with Gasteiger partial charge in [-0.3, -0.25) is 9.36 Å². The largest absolute Gasteiger partial charge is 0.496 e. The van der Waals surface area contributed by atoms with Crippen LogP contribution in [0.5, 0.6) is 11.5 Å². The minimum Gasteiger partial charge on any atom is -0.496 e. The van der Waals surface area contributed by atoms with E-state index in [1.54, 1.807) is 38.5 Å². The summed E-state index contributed by atoms with van der Waals surface area (Å²) in [4.78, 5) is 32.8. The number of rotatable bonds is 8. The molecule has 7 nitrogen and oxygen atoms in total. The van der Waals surface area contributed by atoms with E-state index in [2.05, 4.69) is 40.2 Å². The summed E-state index contributed by atoms with van der Waals surface area (Å²) < 4.78 is 20.3. The van der Waals surface area contributed by atoms with E-state index in [1.807, 2.05) is 60.7 Å². The molecular formula is C36H31BrN2O5S. The number of hydrogen-bond donors (Lipinski definition) is 0. The fourth-order valence-electron chi connectivity index (χ4n) is 5.50. The van der Waals surface area contributed by atoms with Gasteiger partial charge >= 0.3 is 5.97 Å². The predicted octanol–water partition coefficient (Wildman–Crippen LogP) is 6.69. The van der Waals surface area contributed by atoms with Crippen LogP contribution in [0.4, 0.5) is 0 Å². The number of fused-ring (bicyclic) bond motifs is 2. The lowest BCUT2D eigenvalue weighted by Gasteiger charge is -2.26. The van der Waals surface area contributed by atoms with Crippen LogP contribution in [0.15, 0.2) is 110 Å². The number of methoxy groups -OCH3 is 1. The lowest BCUT2D eigenvalue weighted by Crippen LogP contribution is -2.40. The van der Waals surface area contributed by atoms with Crippen molar-refractivity contribution in [2.24, 2.45) is 4.99 Å². The molecule has 0 fully saturated rings. The lowest BCUT2D eigenvalue weighted by molar-refractivity contribution is -0.143. The molecular weight excluding hydrogens is 652 g/mol. The van der Waals surface area contributed by atoms with Crippen molar-refractivity contribution >= 4 is 50.1 Å². The molecule has 45 heavy (non-hydrogen) atoms. The number of aromatic nitrogens is 1. The second-order valence-corrected chi connectivity index (χ2v) is 12.8. The van der Waals surface area contributed by atoms with Gasteiger partial charge < -0.3 is 14.2 Å². The van der Waals surface area contributed by atoms with Crippen molar-refractivity contribution in [3.05, 3.63) is 137 Å². The molecule has 0 bridgehead atoms. The number of nitrogens with zero attached hydrogens (tertiary/aromatic N) is 2. The Morgan fingerprint density at radius 2 is 1.82 bits per heavy atom. The van der Waals surface area contributed by atoms with Gasteiger partial charge in [-0.2, -0.15) is 0 Å². The highest BCUT2D eigenvalue weighted by atomic mass is 79.9. The number of esters is 1. The zero-order valence-electron chi connectivity index (χ0n) is 25.2. The van der Waals surface area contributed by atoms with Crippen molar-refractivity contribution in [3.8, 4) is 11.5 Å². The van der Waals surface area contributed by atoms with Gasteiger partial charge in [-0.1, -0.05) is 81.9 Å². The van der Waals surface area contributed by atoms with E-state index in [0.717, 1.165) is 26.4 Å². The predicted molar refractivity (Wildman–Crippen MR) is 180 cm³/mol. The van der Waals surface area contributed by atoms with E-state index in [4.69, 9.17) is 19.2 Å². The molecule has 2 heterocycles. The minimum absolute atomic E-state index is 0.268. The molecule has 1 atom stereocenters. The molecule has 1 aliphatic rings. The molecule has 0 aliphatic carbocycles. The number of carbonyl (C=O) groups is 1. The van der Waals surface area contributed by atoms with Crippen LogP contribution in [-0.2, 0) is 16.1 Å². The Hall–Kier alpha value is -4.47. The van der Waals surface area contributed by atoms with Crippen molar-refractivity contribution in [1.29, 1.82) is 0 Å². The maximum absolute atomic E-state index is 14.1. The SMILES string of the molecule is COc1ccc(Br)cc1[C@@H]1C(C(=O)OC(C)C)=C(C)N=c2s/c(=C\c3cccc(OCc4cccc5ccccc45)c3)c(=O)n21. The van der Waals surface area contributed by atoms with Gasteiger partial charge in [0.2, 0.25) is 0 Å². The van der Waals surface area contributed by atoms with Gasteiger partial charge in [-0.25, -0.2) is 9.79 Å². The maximum atomic E-state index is 14.1. The Labute approximate surface area is 272 Å². The topological polar surface area (TPSA) is 79.1 Å². The zero-order valence-corrected chi connectivity index (χ0v) is 27.6. The van der Waals surface area contributed by atoms with Crippen LogP contribution in [-0.4, -0.2) is 23.8 Å². The second kappa shape index (κ2) is 12.9. The van der Waals surface area contributed by atoms with Gasteiger partial charge in [-0.05, 0) is 79.1 Å². The van der Waals surface area contributed by atoms with Crippen molar-refractivity contribution < 1.29 is 19.0 Å².